The van der Waals surface area contributed by atoms with Gasteiger partial charge in [-0.05, 0) is 60.7 Å². The molecule has 1 N–H and O–H groups in total. The first-order valence-corrected chi connectivity index (χ1v) is 13.3. The molecule has 2 amide bonds. The van der Waals surface area contributed by atoms with E-state index >= 15 is 0 Å². The summed E-state index contributed by atoms with van der Waals surface area (Å²) in [5.41, 5.74) is 3.02. The number of halogens is 1. The minimum atomic E-state index is -0.648. The lowest BCUT2D eigenvalue weighted by molar-refractivity contribution is -0.143. The number of hydrogen-bond donors (Lipinski definition) is 1. The summed E-state index contributed by atoms with van der Waals surface area (Å²) in [4.78, 5) is 29.0. The highest BCUT2D eigenvalue weighted by atomic mass is 79.9. The lowest BCUT2D eigenvalue weighted by Gasteiger charge is -2.32. The van der Waals surface area contributed by atoms with Gasteiger partial charge in [-0.1, -0.05) is 83.4 Å². The van der Waals surface area contributed by atoms with Crippen molar-refractivity contribution in [2.45, 2.75) is 57.7 Å². The molecule has 1 aliphatic carbocycles. The first-order valence-electron chi connectivity index (χ1n) is 12.6. The fourth-order valence-electron chi connectivity index (χ4n) is 4.64. The number of rotatable bonds is 10. The molecule has 36 heavy (non-hydrogen) atoms. The zero-order chi connectivity index (χ0) is 25.3. The molecule has 0 aliphatic heterocycles. The molecule has 5 nitrogen and oxygen atoms in total. The average Bonchev–Trinajstić information content (AvgIpc) is 3.39. The van der Waals surface area contributed by atoms with E-state index in [4.69, 9.17) is 4.74 Å². The number of aryl methyl sites for hydroxylation is 1. The highest BCUT2D eigenvalue weighted by Gasteiger charge is 2.32. The molecular weight excluding hydrogens is 516 g/mol. The summed E-state index contributed by atoms with van der Waals surface area (Å²) in [6.45, 7) is 2.17. The van der Waals surface area contributed by atoms with E-state index in [1.54, 1.807) is 4.90 Å². The van der Waals surface area contributed by atoms with E-state index in [0.717, 1.165) is 46.8 Å². The largest absolute Gasteiger partial charge is 0.484 e. The first kappa shape index (κ1) is 26.0. The quantitative estimate of drug-likeness (QED) is 0.346. The smallest absolute Gasteiger partial charge is 0.261 e. The molecule has 188 valence electrons. The Morgan fingerprint density at radius 3 is 2.39 bits per heavy atom. The van der Waals surface area contributed by atoms with Gasteiger partial charge in [0.25, 0.3) is 5.91 Å². The monoisotopic (exact) mass is 548 g/mol. The molecule has 0 spiro atoms. The van der Waals surface area contributed by atoms with E-state index in [9.17, 15) is 9.59 Å². The maximum atomic E-state index is 13.7. The van der Waals surface area contributed by atoms with E-state index < -0.39 is 6.04 Å². The van der Waals surface area contributed by atoms with Gasteiger partial charge in [0.05, 0.1) is 0 Å². The van der Waals surface area contributed by atoms with Crippen LogP contribution in [0, 0.1) is 6.92 Å². The molecule has 1 saturated carbocycles. The normalized spacial score (nSPS) is 14.3. The number of carbonyl (C=O) groups is 2. The Bertz CT molecular complexity index is 1140. The molecule has 0 radical (unpaired) electrons. The lowest BCUT2D eigenvalue weighted by atomic mass is 10.0. The SMILES string of the molecule is Cc1cccc(OCC(=O)N(Cc2ccc(Br)cc2)C(Cc2ccccc2)C(=O)NC2CCCC2)c1. The highest BCUT2D eigenvalue weighted by molar-refractivity contribution is 9.10. The van der Waals surface area contributed by atoms with Crippen molar-refractivity contribution in [3.63, 3.8) is 0 Å². The van der Waals surface area contributed by atoms with Gasteiger partial charge in [0.1, 0.15) is 11.8 Å². The first-order chi connectivity index (χ1) is 17.5. The number of nitrogens with one attached hydrogen (secondary N) is 1. The van der Waals surface area contributed by atoms with Crippen LogP contribution >= 0.6 is 15.9 Å². The zero-order valence-corrected chi connectivity index (χ0v) is 22.2. The van der Waals surface area contributed by atoms with Crippen LogP contribution in [-0.4, -0.2) is 35.4 Å². The van der Waals surface area contributed by atoms with Crippen LogP contribution < -0.4 is 10.1 Å². The second-order valence-electron chi connectivity index (χ2n) is 9.45. The van der Waals surface area contributed by atoms with Crippen LogP contribution in [0.15, 0.2) is 83.3 Å². The molecule has 0 heterocycles. The standard InChI is InChI=1S/C30H33BrN2O3/c1-22-8-7-13-27(18-22)36-21-29(34)33(20-24-14-16-25(31)17-15-24)28(19-23-9-3-2-4-10-23)30(35)32-26-11-5-6-12-26/h2-4,7-10,13-18,26,28H,5-6,11-12,19-21H2,1H3,(H,32,35). The summed E-state index contributed by atoms with van der Waals surface area (Å²) < 4.78 is 6.83. The van der Waals surface area contributed by atoms with E-state index in [0.29, 0.717) is 18.7 Å². The zero-order valence-electron chi connectivity index (χ0n) is 20.7. The van der Waals surface area contributed by atoms with Gasteiger partial charge in [0.15, 0.2) is 6.61 Å². The number of benzene rings is 3. The molecule has 1 fully saturated rings. The van der Waals surface area contributed by atoms with Crippen molar-refractivity contribution in [2.24, 2.45) is 0 Å². The summed E-state index contributed by atoms with van der Waals surface area (Å²) in [5, 5.41) is 3.23. The van der Waals surface area contributed by atoms with Gasteiger partial charge in [0.2, 0.25) is 5.91 Å². The van der Waals surface area contributed by atoms with Crippen molar-refractivity contribution in [2.75, 3.05) is 6.61 Å². The topological polar surface area (TPSA) is 58.6 Å². The molecule has 0 bridgehead atoms. The number of amides is 2. The van der Waals surface area contributed by atoms with Gasteiger partial charge in [0, 0.05) is 23.5 Å². The van der Waals surface area contributed by atoms with Crippen molar-refractivity contribution in [3.05, 3.63) is 100 Å². The van der Waals surface area contributed by atoms with Gasteiger partial charge in [-0.25, -0.2) is 0 Å². The Kier molecular flexibility index (Phi) is 9.17. The maximum Gasteiger partial charge on any atom is 0.261 e. The second-order valence-corrected chi connectivity index (χ2v) is 10.4. The summed E-state index contributed by atoms with van der Waals surface area (Å²) in [6, 6.07) is 24.9. The summed E-state index contributed by atoms with van der Waals surface area (Å²) in [7, 11) is 0. The number of ether oxygens (including phenoxy) is 1. The third-order valence-corrected chi connectivity index (χ3v) is 7.12. The average molecular weight is 550 g/mol. The molecule has 4 rings (SSSR count). The Morgan fingerprint density at radius 1 is 0.972 bits per heavy atom. The molecule has 0 saturated heterocycles. The van der Waals surface area contributed by atoms with Crippen LogP contribution in [0.1, 0.15) is 42.4 Å². The van der Waals surface area contributed by atoms with Crippen LogP contribution in [0.3, 0.4) is 0 Å². The summed E-state index contributed by atoms with van der Waals surface area (Å²) in [5.74, 6) is 0.315. The Morgan fingerprint density at radius 2 is 1.69 bits per heavy atom. The van der Waals surface area contributed by atoms with Gasteiger partial charge < -0.3 is 15.0 Å². The van der Waals surface area contributed by atoms with E-state index in [1.165, 1.54) is 0 Å². The van der Waals surface area contributed by atoms with Gasteiger partial charge >= 0.3 is 0 Å². The maximum absolute atomic E-state index is 13.7. The van der Waals surface area contributed by atoms with Crippen molar-refractivity contribution in [1.29, 1.82) is 0 Å². The fraction of sp³-hybridized carbons (Fsp3) is 0.333. The van der Waals surface area contributed by atoms with Crippen molar-refractivity contribution in [3.8, 4) is 5.75 Å². The van der Waals surface area contributed by atoms with E-state index in [2.05, 4.69) is 21.2 Å². The van der Waals surface area contributed by atoms with Crippen molar-refractivity contribution >= 4 is 27.7 Å². The highest BCUT2D eigenvalue weighted by Crippen LogP contribution is 2.21. The van der Waals surface area contributed by atoms with E-state index in [1.807, 2.05) is 85.8 Å². The molecule has 6 heteroatoms. The summed E-state index contributed by atoms with van der Waals surface area (Å²) >= 11 is 3.48. The van der Waals surface area contributed by atoms with Crippen LogP contribution in [-0.2, 0) is 22.6 Å². The molecule has 1 unspecified atom stereocenters. The Labute approximate surface area is 222 Å². The molecule has 3 aromatic carbocycles. The Balaban J connectivity index is 1.60. The molecular formula is C30H33BrN2O3. The summed E-state index contributed by atoms with van der Waals surface area (Å²) in [6.07, 6.45) is 4.66. The van der Waals surface area contributed by atoms with Gasteiger partial charge in [-0.2, -0.15) is 0 Å². The molecule has 1 aliphatic rings. The predicted octanol–water partition coefficient (Wildman–Crippen LogP) is 5.84. The number of nitrogens with zero attached hydrogens (tertiary/aromatic N) is 1. The molecule has 3 aromatic rings. The minimum Gasteiger partial charge on any atom is -0.484 e. The Hall–Kier alpha value is -3.12. The molecule has 0 aromatic heterocycles. The third kappa shape index (κ3) is 7.44. The minimum absolute atomic E-state index is 0.105. The lowest BCUT2D eigenvalue weighted by Crippen LogP contribution is -2.53. The van der Waals surface area contributed by atoms with E-state index in [-0.39, 0.29) is 24.5 Å². The van der Waals surface area contributed by atoms with Crippen LogP contribution in [0.4, 0.5) is 0 Å². The van der Waals surface area contributed by atoms with Crippen LogP contribution in [0.2, 0.25) is 0 Å². The predicted molar refractivity (Wildman–Crippen MR) is 146 cm³/mol. The molecule has 1 atom stereocenters. The van der Waals surface area contributed by atoms with Crippen molar-refractivity contribution in [1.82, 2.24) is 10.2 Å². The third-order valence-electron chi connectivity index (χ3n) is 6.59. The second kappa shape index (κ2) is 12.7. The fourth-order valence-corrected chi connectivity index (χ4v) is 4.91. The van der Waals surface area contributed by atoms with Crippen LogP contribution in [0.5, 0.6) is 5.75 Å². The number of hydrogen-bond acceptors (Lipinski definition) is 3. The van der Waals surface area contributed by atoms with Gasteiger partial charge in [-0.3, -0.25) is 9.59 Å². The van der Waals surface area contributed by atoms with Gasteiger partial charge in [-0.15, -0.1) is 0 Å². The number of carbonyl (C=O) groups excluding carboxylic acids is 2. The van der Waals surface area contributed by atoms with Crippen molar-refractivity contribution < 1.29 is 14.3 Å². The van der Waals surface area contributed by atoms with Crippen LogP contribution in [0.25, 0.3) is 0 Å².